The first-order chi connectivity index (χ1) is 11.7. The molecular weight excluding hydrogens is 338 g/mol. The zero-order valence-corrected chi connectivity index (χ0v) is 16.1. The lowest BCUT2D eigenvalue weighted by Crippen LogP contribution is -2.36. The van der Waals surface area contributed by atoms with E-state index in [4.69, 9.17) is 9.47 Å². The molecule has 0 aliphatic carbocycles. The number of nitrogens with one attached hydrogen (secondary N) is 1. The van der Waals surface area contributed by atoms with E-state index >= 15 is 0 Å². The molecule has 0 radical (unpaired) electrons. The molecule has 25 heavy (non-hydrogen) atoms. The van der Waals surface area contributed by atoms with Crippen molar-refractivity contribution in [2.24, 2.45) is 0 Å². The van der Waals surface area contributed by atoms with Crippen molar-refractivity contribution >= 4 is 10.0 Å². The molecule has 5 nitrogen and oxygen atoms in total. The molecular formula is C19H25NO4S. The summed E-state index contributed by atoms with van der Waals surface area (Å²) in [4.78, 5) is 0.304. The van der Waals surface area contributed by atoms with Crippen molar-refractivity contribution in [2.45, 2.75) is 31.1 Å². The second-order valence-electron chi connectivity index (χ2n) is 6.54. The standard InChI is InChI=1S/C19H25NO4S/c1-14-8-6-7-9-18(14)25(21,22)20-13-19(2,3)15-10-11-16(23-4)17(12-15)24-5/h6-12,20H,13H2,1-5H3. The van der Waals surface area contributed by atoms with Gasteiger partial charge in [-0.25, -0.2) is 13.1 Å². The van der Waals surface area contributed by atoms with Crippen LogP contribution < -0.4 is 14.2 Å². The molecule has 2 aromatic carbocycles. The smallest absolute Gasteiger partial charge is 0.240 e. The van der Waals surface area contributed by atoms with E-state index in [1.165, 1.54) is 0 Å². The van der Waals surface area contributed by atoms with Crippen LogP contribution in [0.5, 0.6) is 11.5 Å². The molecule has 0 bridgehead atoms. The van der Waals surface area contributed by atoms with Gasteiger partial charge in [-0.2, -0.15) is 0 Å². The third-order valence-corrected chi connectivity index (χ3v) is 5.81. The molecule has 0 fully saturated rings. The van der Waals surface area contributed by atoms with E-state index < -0.39 is 15.4 Å². The van der Waals surface area contributed by atoms with Gasteiger partial charge in [-0.15, -0.1) is 0 Å². The highest BCUT2D eigenvalue weighted by Gasteiger charge is 2.26. The molecule has 6 heteroatoms. The maximum atomic E-state index is 12.6. The monoisotopic (exact) mass is 363 g/mol. The van der Waals surface area contributed by atoms with Gasteiger partial charge in [0.1, 0.15) is 0 Å². The van der Waals surface area contributed by atoms with Crippen LogP contribution in [0.2, 0.25) is 0 Å². The third kappa shape index (κ3) is 4.32. The number of ether oxygens (including phenoxy) is 2. The van der Waals surface area contributed by atoms with Crippen molar-refractivity contribution < 1.29 is 17.9 Å². The number of rotatable bonds is 7. The Balaban J connectivity index is 2.23. The minimum Gasteiger partial charge on any atom is -0.493 e. The van der Waals surface area contributed by atoms with Gasteiger partial charge in [0.2, 0.25) is 10.0 Å². The molecule has 0 atom stereocenters. The summed E-state index contributed by atoms with van der Waals surface area (Å²) in [6, 6.07) is 12.6. The summed E-state index contributed by atoms with van der Waals surface area (Å²) < 4.78 is 38.5. The number of sulfonamides is 1. The van der Waals surface area contributed by atoms with Crippen LogP contribution in [0.25, 0.3) is 0 Å². The number of aryl methyl sites for hydroxylation is 1. The van der Waals surface area contributed by atoms with Gasteiger partial charge in [0, 0.05) is 12.0 Å². The largest absolute Gasteiger partial charge is 0.493 e. The third-order valence-electron chi connectivity index (χ3n) is 4.25. The summed E-state index contributed by atoms with van der Waals surface area (Å²) in [5.74, 6) is 1.26. The maximum absolute atomic E-state index is 12.6. The lowest BCUT2D eigenvalue weighted by atomic mass is 9.85. The van der Waals surface area contributed by atoms with Gasteiger partial charge in [-0.05, 0) is 36.2 Å². The van der Waals surface area contributed by atoms with Crippen molar-refractivity contribution in [3.05, 3.63) is 53.6 Å². The van der Waals surface area contributed by atoms with Crippen molar-refractivity contribution in [3.8, 4) is 11.5 Å². The van der Waals surface area contributed by atoms with E-state index in [-0.39, 0.29) is 6.54 Å². The van der Waals surface area contributed by atoms with E-state index in [2.05, 4.69) is 4.72 Å². The molecule has 0 heterocycles. The first-order valence-corrected chi connectivity index (χ1v) is 9.47. The Bertz CT molecular complexity index is 844. The van der Waals surface area contributed by atoms with E-state index in [1.54, 1.807) is 39.3 Å². The predicted molar refractivity (Wildman–Crippen MR) is 98.9 cm³/mol. The van der Waals surface area contributed by atoms with Gasteiger partial charge >= 0.3 is 0 Å². The summed E-state index contributed by atoms with van der Waals surface area (Å²) >= 11 is 0. The van der Waals surface area contributed by atoms with Gasteiger partial charge in [0.15, 0.2) is 11.5 Å². The minimum atomic E-state index is -3.57. The highest BCUT2D eigenvalue weighted by molar-refractivity contribution is 7.89. The number of hydrogen-bond donors (Lipinski definition) is 1. The highest BCUT2D eigenvalue weighted by atomic mass is 32.2. The van der Waals surface area contributed by atoms with Gasteiger partial charge < -0.3 is 9.47 Å². The van der Waals surface area contributed by atoms with E-state index in [0.717, 1.165) is 11.1 Å². The Morgan fingerprint density at radius 2 is 1.64 bits per heavy atom. The molecule has 0 aliphatic heterocycles. The predicted octanol–water partition coefficient (Wildman–Crippen LogP) is 3.27. The summed E-state index contributed by atoms with van der Waals surface area (Å²) in [5, 5.41) is 0. The van der Waals surface area contributed by atoms with Crippen LogP contribution in [0.1, 0.15) is 25.0 Å². The first kappa shape index (κ1) is 19.3. The number of methoxy groups -OCH3 is 2. The van der Waals surface area contributed by atoms with Crippen LogP contribution in [-0.2, 0) is 15.4 Å². The topological polar surface area (TPSA) is 64.6 Å². The fourth-order valence-electron chi connectivity index (χ4n) is 2.57. The fourth-order valence-corrected chi connectivity index (χ4v) is 4.03. The summed E-state index contributed by atoms with van der Waals surface area (Å²) in [6.45, 7) is 6.01. The first-order valence-electron chi connectivity index (χ1n) is 7.99. The van der Waals surface area contributed by atoms with Gasteiger partial charge in [-0.1, -0.05) is 38.1 Å². The SMILES string of the molecule is COc1ccc(C(C)(C)CNS(=O)(=O)c2ccccc2C)cc1OC. The van der Waals surface area contributed by atoms with Crippen molar-refractivity contribution in [1.82, 2.24) is 4.72 Å². The van der Waals surface area contributed by atoms with Crippen molar-refractivity contribution in [3.63, 3.8) is 0 Å². The van der Waals surface area contributed by atoms with E-state index in [0.29, 0.717) is 16.4 Å². The van der Waals surface area contributed by atoms with E-state index in [1.807, 2.05) is 38.1 Å². The average molecular weight is 363 g/mol. The fraction of sp³-hybridized carbons (Fsp3) is 0.368. The molecule has 0 saturated heterocycles. The van der Waals surface area contributed by atoms with Gasteiger partial charge in [0.25, 0.3) is 0 Å². The van der Waals surface area contributed by atoms with Crippen LogP contribution in [0, 0.1) is 6.92 Å². The second-order valence-corrected chi connectivity index (χ2v) is 8.28. The molecule has 0 unspecified atom stereocenters. The lowest BCUT2D eigenvalue weighted by molar-refractivity contribution is 0.353. The molecule has 1 N–H and O–H groups in total. The van der Waals surface area contributed by atoms with Crippen molar-refractivity contribution in [2.75, 3.05) is 20.8 Å². The quantitative estimate of drug-likeness (QED) is 0.820. The van der Waals surface area contributed by atoms with Crippen LogP contribution in [-0.4, -0.2) is 29.2 Å². The Hall–Kier alpha value is -2.05. The Kier molecular flexibility index (Phi) is 5.75. The Morgan fingerprint density at radius 3 is 2.24 bits per heavy atom. The Labute approximate surface area is 150 Å². The van der Waals surface area contributed by atoms with Crippen molar-refractivity contribution in [1.29, 1.82) is 0 Å². The zero-order chi connectivity index (χ0) is 18.7. The molecule has 0 aromatic heterocycles. The molecule has 136 valence electrons. The second kappa shape index (κ2) is 7.45. The molecule has 0 saturated carbocycles. The normalized spacial score (nSPS) is 12.0. The maximum Gasteiger partial charge on any atom is 0.240 e. The molecule has 0 amide bonds. The van der Waals surface area contributed by atoms with Crippen LogP contribution >= 0.6 is 0 Å². The molecule has 0 aliphatic rings. The van der Waals surface area contributed by atoms with Gasteiger partial charge in [0.05, 0.1) is 19.1 Å². The number of benzene rings is 2. The average Bonchev–Trinajstić information content (AvgIpc) is 2.59. The minimum absolute atomic E-state index is 0.263. The molecule has 2 rings (SSSR count). The Morgan fingerprint density at radius 1 is 1.00 bits per heavy atom. The van der Waals surface area contributed by atoms with Gasteiger partial charge in [-0.3, -0.25) is 0 Å². The van der Waals surface area contributed by atoms with Crippen LogP contribution in [0.4, 0.5) is 0 Å². The lowest BCUT2D eigenvalue weighted by Gasteiger charge is -2.26. The number of hydrogen-bond acceptors (Lipinski definition) is 4. The molecule has 0 spiro atoms. The van der Waals surface area contributed by atoms with Crippen LogP contribution in [0.15, 0.2) is 47.4 Å². The zero-order valence-electron chi connectivity index (χ0n) is 15.3. The summed E-state index contributed by atoms with van der Waals surface area (Å²) in [7, 11) is -0.405. The summed E-state index contributed by atoms with van der Waals surface area (Å²) in [6.07, 6.45) is 0. The summed E-state index contributed by atoms with van der Waals surface area (Å²) in [5.41, 5.74) is 1.26. The van der Waals surface area contributed by atoms with E-state index in [9.17, 15) is 8.42 Å². The molecule has 2 aromatic rings. The highest BCUT2D eigenvalue weighted by Crippen LogP contribution is 2.33. The van der Waals surface area contributed by atoms with Crippen LogP contribution in [0.3, 0.4) is 0 Å².